The molecule has 11 heteroatoms. The molecule has 1 amide bonds. The first-order chi connectivity index (χ1) is 15.2. The first-order valence-electron chi connectivity index (χ1n) is 9.12. The van der Waals surface area contributed by atoms with Crippen molar-refractivity contribution in [3.8, 4) is 16.8 Å². The van der Waals surface area contributed by atoms with Crippen molar-refractivity contribution in [1.29, 1.82) is 0 Å². The fourth-order valence-corrected chi connectivity index (χ4v) is 3.01. The molecule has 0 bridgehead atoms. The highest BCUT2D eigenvalue weighted by Crippen LogP contribution is 2.30. The van der Waals surface area contributed by atoms with Gasteiger partial charge in [-0.1, -0.05) is 18.2 Å². The summed E-state index contributed by atoms with van der Waals surface area (Å²) in [5, 5.41) is 6.54. The van der Waals surface area contributed by atoms with E-state index in [-0.39, 0.29) is 17.2 Å². The number of hydrogen-bond donors (Lipinski definition) is 2. The van der Waals surface area contributed by atoms with Crippen molar-refractivity contribution in [3.63, 3.8) is 0 Å². The number of nitrogen functional groups attached to an aromatic ring is 1. The lowest BCUT2D eigenvalue weighted by molar-refractivity contribution is -0.137. The van der Waals surface area contributed by atoms with Crippen LogP contribution in [0.2, 0.25) is 0 Å². The van der Waals surface area contributed by atoms with Crippen LogP contribution in [0.5, 0.6) is 0 Å². The zero-order valence-corrected chi connectivity index (χ0v) is 16.1. The molecule has 3 heterocycles. The summed E-state index contributed by atoms with van der Waals surface area (Å²) < 4.78 is 52.9. The van der Waals surface area contributed by atoms with E-state index in [2.05, 4.69) is 20.4 Å². The number of anilines is 2. The van der Waals surface area contributed by atoms with Crippen LogP contribution in [0.4, 0.5) is 29.2 Å². The number of nitrogens with one attached hydrogen (secondary N) is 1. The number of aromatic nitrogens is 4. The van der Waals surface area contributed by atoms with Gasteiger partial charge in [-0.25, -0.2) is 14.1 Å². The Labute approximate surface area is 178 Å². The van der Waals surface area contributed by atoms with E-state index in [1.807, 2.05) is 0 Å². The third-order valence-corrected chi connectivity index (χ3v) is 4.53. The Morgan fingerprint density at radius 2 is 1.81 bits per heavy atom. The van der Waals surface area contributed by atoms with Crippen molar-refractivity contribution >= 4 is 17.5 Å². The number of hydrogen-bond acceptors (Lipinski definition) is 5. The summed E-state index contributed by atoms with van der Waals surface area (Å²) in [5.41, 5.74) is 6.71. The summed E-state index contributed by atoms with van der Waals surface area (Å²) in [6.07, 6.45) is -0.148. The molecular weight excluding hydrogens is 428 g/mol. The number of pyridine rings is 2. The zero-order chi connectivity index (χ0) is 22.9. The number of carbonyl (C=O) groups excluding carboxylic acids is 1. The molecule has 3 N–H and O–H groups in total. The molecule has 0 saturated heterocycles. The average Bonchev–Trinajstić information content (AvgIpc) is 3.15. The molecule has 0 radical (unpaired) electrons. The number of rotatable bonds is 4. The largest absolute Gasteiger partial charge is 0.417 e. The molecule has 4 rings (SSSR count). The predicted molar refractivity (Wildman–Crippen MR) is 108 cm³/mol. The summed E-state index contributed by atoms with van der Waals surface area (Å²) >= 11 is 0. The predicted octanol–water partition coefficient (Wildman–Crippen LogP) is 4.32. The van der Waals surface area contributed by atoms with Gasteiger partial charge in [0.1, 0.15) is 23.0 Å². The van der Waals surface area contributed by atoms with E-state index in [1.165, 1.54) is 23.1 Å². The second kappa shape index (κ2) is 8.10. The second-order valence-electron chi connectivity index (χ2n) is 6.65. The normalized spacial score (nSPS) is 11.4. The Bertz CT molecular complexity index is 1280. The molecule has 0 aliphatic rings. The van der Waals surface area contributed by atoms with Gasteiger partial charge in [0.15, 0.2) is 0 Å². The van der Waals surface area contributed by atoms with Crippen molar-refractivity contribution in [2.24, 2.45) is 0 Å². The van der Waals surface area contributed by atoms with E-state index in [9.17, 15) is 22.4 Å². The van der Waals surface area contributed by atoms with E-state index < -0.39 is 23.5 Å². The topological polar surface area (TPSA) is 98.7 Å². The first kappa shape index (κ1) is 21.0. The first-order valence-corrected chi connectivity index (χ1v) is 9.12. The van der Waals surface area contributed by atoms with Gasteiger partial charge in [-0.05, 0) is 24.3 Å². The molecule has 162 valence electrons. The van der Waals surface area contributed by atoms with Gasteiger partial charge in [-0.15, -0.1) is 0 Å². The molecule has 0 saturated carbocycles. The van der Waals surface area contributed by atoms with E-state index in [0.29, 0.717) is 23.0 Å². The van der Waals surface area contributed by atoms with Crippen molar-refractivity contribution in [1.82, 2.24) is 19.7 Å². The van der Waals surface area contributed by atoms with Crippen LogP contribution in [-0.4, -0.2) is 25.7 Å². The van der Waals surface area contributed by atoms with Gasteiger partial charge in [-0.2, -0.15) is 18.3 Å². The number of nitrogens with zero attached hydrogens (tertiary/aromatic N) is 4. The fraction of sp³-hybridized carbons (Fsp3) is 0.0476. The molecule has 1 aromatic carbocycles. The molecule has 0 atom stereocenters. The van der Waals surface area contributed by atoms with Gasteiger partial charge in [0.2, 0.25) is 0 Å². The molecule has 0 unspecified atom stereocenters. The van der Waals surface area contributed by atoms with Crippen LogP contribution in [0.1, 0.15) is 15.9 Å². The summed E-state index contributed by atoms with van der Waals surface area (Å²) in [4.78, 5) is 20.0. The molecule has 0 spiro atoms. The maximum Gasteiger partial charge on any atom is 0.417 e. The quantitative estimate of drug-likeness (QED) is 0.459. The number of nitrogens with two attached hydrogens (primary N) is 1. The number of benzene rings is 1. The number of para-hydroxylation sites is 1. The number of alkyl halides is 3. The van der Waals surface area contributed by atoms with E-state index in [4.69, 9.17) is 5.73 Å². The standard InChI is InChI=1S/C21H14F4N6O/c22-14-7-12(8-27-10-14)15-3-1-2-4-17(15)31-19(26)16(11-29-31)20(32)30-18-6-5-13(9-28-18)21(23,24)25/h1-11H,26H2,(H,28,30,32). The molecule has 7 nitrogen and oxygen atoms in total. The number of carbonyl (C=O) groups is 1. The molecule has 3 aromatic heterocycles. The Hall–Kier alpha value is -4.28. The molecule has 0 fully saturated rings. The van der Waals surface area contributed by atoms with Crippen molar-refractivity contribution in [2.45, 2.75) is 6.18 Å². The SMILES string of the molecule is Nc1c(C(=O)Nc2ccc(C(F)(F)F)cn2)cnn1-c1ccccc1-c1cncc(F)c1. The van der Waals surface area contributed by atoms with Gasteiger partial charge in [-0.3, -0.25) is 9.78 Å². The van der Waals surface area contributed by atoms with Crippen LogP contribution in [-0.2, 0) is 6.18 Å². The van der Waals surface area contributed by atoms with E-state index in [0.717, 1.165) is 18.3 Å². The van der Waals surface area contributed by atoms with Crippen LogP contribution in [0.25, 0.3) is 16.8 Å². The maximum atomic E-state index is 13.6. The third kappa shape index (κ3) is 4.13. The Morgan fingerprint density at radius 1 is 1.03 bits per heavy atom. The van der Waals surface area contributed by atoms with Crippen LogP contribution in [0.15, 0.2) is 67.3 Å². The average molecular weight is 442 g/mol. The van der Waals surface area contributed by atoms with Gasteiger partial charge in [0, 0.05) is 23.5 Å². The lowest BCUT2D eigenvalue weighted by atomic mass is 10.1. The van der Waals surface area contributed by atoms with E-state index in [1.54, 1.807) is 24.3 Å². The summed E-state index contributed by atoms with van der Waals surface area (Å²) in [7, 11) is 0. The minimum Gasteiger partial charge on any atom is -0.383 e. The Kier molecular flexibility index (Phi) is 5.31. The fourth-order valence-electron chi connectivity index (χ4n) is 3.01. The van der Waals surface area contributed by atoms with Gasteiger partial charge in [0.25, 0.3) is 5.91 Å². The second-order valence-corrected chi connectivity index (χ2v) is 6.65. The van der Waals surface area contributed by atoms with E-state index >= 15 is 0 Å². The number of halogens is 4. The number of amides is 1. The molecule has 4 aromatic rings. The minimum absolute atomic E-state index is 0.0149. The highest BCUT2D eigenvalue weighted by molar-refractivity contribution is 6.07. The van der Waals surface area contributed by atoms with Crippen molar-refractivity contribution < 1.29 is 22.4 Å². The zero-order valence-electron chi connectivity index (χ0n) is 16.1. The maximum absolute atomic E-state index is 13.6. The van der Waals surface area contributed by atoms with Crippen LogP contribution in [0.3, 0.4) is 0 Å². The molecule has 32 heavy (non-hydrogen) atoms. The lowest BCUT2D eigenvalue weighted by Gasteiger charge is -2.11. The van der Waals surface area contributed by atoms with Crippen molar-refractivity contribution in [3.05, 3.63) is 84.2 Å². The molecular formula is C21H14F4N6O. The van der Waals surface area contributed by atoms with Crippen molar-refractivity contribution in [2.75, 3.05) is 11.1 Å². The smallest absolute Gasteiger partial charge is 0.383 e. The summed E-state index contributed by atoms with van der Waals surface area (Å²) in [5.74, 6) is -1.33. The highest BCUT2D eigenvalue weighted by atomic mass is 19.4. The van der Waals surface area contributed by atoms with Crippen LogP contribution in [0, 0.1) is 5.82 Å². The highest BCUT2D eigenvalue weighted by Gasteiger charge is 2.30. The monoisotopic (exact) mass is 442 g/mol. The third-order valence-electron chi connectivity index (χ3n) is 4.53. The van der Waals surface area contributed by atoms with Gasteiger partial charge in [0.05, 0.1) is 23.6 Å². The summed E-state index contributed by atoms with van der Waals surface area (Å²) in [6.45, 7) is 0. The Morgan fingerprint density at radius 3 is 2.50 bits per heavy atom. The lowest BCUT2D eigenvalue weighted by Crippen LogP contribution is -2.15. The van der Waals surface area contributed by atoms with Gasteiger partial charge >= 0.3 is 6.18 Å². The van der Waals surface area contributed by atoms with Gasteiger partial charge < -0.3 is 11.1 Å². The summed E-state index contributed by atoms with van der Waals surface area (Å²) in [6, 6.07) is 10.0. The van der Waals surface area contributed by atoms with Crippen LogP contribution >= 0.6 is 0 Å². The molecule has 0 aliphatic carbocycles. The Balaban J connectivity index is 1.63. The molecule has 0 aliphatic heterocycles. The van der Waals surface area contributed by atoms with Crippen LogP contribution < -0.4 is 11.1 Å². The minimum atomic E-state index is -4.54.